The molecule has 0 aliphatic heterocycles. The van der Waals surface area contributed by atoms with E-state index in [1.807, 2.05) is 73.7 Å². The van der Waals surface area contributed by atoms with Gasteiger partial charge in [-0.05, 0) is 64.6 Å². The Balaban J connectivity index is 1.21. The molecule has 6 rings (SSSR count). The molecule has 1 aliphatic carbocycles. The molecule has 1 aliphatic rings. The molecule has 5 aromatic rings. The topological polar surface area (TPSA) is 122 Å². The molecule has 244 valence electrons. The summed E-state index contributed by atoms with van der Waals surface area (Å²) in [6.07, 6.45) is -0.248. The zero-order valence-corrected chi connectivity index (χ0v) is 27.1. The van der Waals surface area contributed by atoms with Crippen molar-refractivity contribution < 1.29 is 31.7 Å². The van der Waals surface area contributed by atoms with Gasteiger partial charge in [-0.25, -0.2) is 0 Å². The Bertz CT molecular complexity index is 1960. The van der Waals surface area contributed by atoms with Crippen LogP contribution in [-0.2, 0) is 35.8 Å². The molecule has 0 radical (unpaired) electrons. The lowest BCUT2D eigenvalue weighted by Gasteiger charge is -2.24. The van der Waals surface area contributed by atoms with Crippen LogP contribution in [0.2, 0.25) is 0 Å². The van der Waals surface area contributed by atoms with Crippen LogP contribution in [0.3, 0.4) is 0 Å². The van der Waals surface area contributed by atoms with Gasteiger partial charge in [-0.2, -0.15) is 8.42 Å². The van der Waals surface area contributed by atoms with Crippen molar-refractivity contribution in [3.05, 3.63) is 155 Å². The standard InChI is InChI=1S/C39H35NO7S/c1-26-15-21-30(22-16-26)48(43,44)47-29-19-17-28(18-20-29)38(36(40)23-37(41)45-24-27-9-3-2-4-10-27)39(42)46-25-35-33-13-7-5-11-31(33)32-12-6-8-14-34(32)35/h2-22,35-36,38H,23-25,40H2,1H3. The Morgan fingerprint density at radius 3 is 1.94 bits per heavy atom. The highest BCUT2D eigenvalue weighted by molar-refractivity contribution is 7.87. The predicted octanol–water partition coefficient (Wildman–Crippen LogP) is 6.66. The second-order valence-electron chi connectivity index (χ2n) is 11.8. The summed E-state index contributed by atoms with van der Waals surface area (Å²) in [6.45, 7) is 2.00. The van der Waals surface area contributed by atoms with Gasteiger partial charge in [-0.3, -0.25) is 9.59 Å². The summed E-state index contributed by atoms with van der Waals surface area (Å²) >= 11 is 0. The van der Waals surface area contributed by atoms with E-state index in [2.05, 4.69) is 12.1 Å². The van der Waals surface area contributed by atoms with Crippen LogP contribution in [0.1, 0.15) is 46.1 Å². The number of hydrogen-bond acceptors (Lipinski definition) is 8. The molecule has 2 unspecified atom stereocenters. The molecule has 5 aromatic carbocycles. The predicted molar refractivity (Wildman–Crippen MR) is 182 cm³/mol. The van der Waals surface area contributed by atoms with E-state index >= 15 is 0 Å². The Hall–Kier alpha value is -5.25. The Labute approximate surface area is 280 Å². The van der Waals surface area contributed by atoms with E-state index in [0.717, 1.165) is 33.4 Å². The average molecular weight is 662 g/mol. The molecule has 0 bridgehead atoms. The second kappa shape index (κ2) is 14.3. The highest BCUT2D eigenvalue weighted by Crippen LogP contribution is 2.44. The minimum Gasteiger partial charge on any atom is -0.464 e. The normalized spacial score (nSPS) is 13.5. The van der Waals surface area contributed by atoms with Crippen LogP contribution in [0.25, 0.3) is 11.1 Å². The van der Waals surface area contributed by atoms with Crippen LogP contribution in [0, 0.1) is 6.92 Å². The van der Waals surface area contributed by atoms with Crippen LogP contribution < -0.4 is 9.92 Å². The first kappa shape index (κ1) is 32.7. The van der Waals surface area contributed by atoms with Gasteiger partial charge >= 0.3 is 22.1 Å². The van der Waals surface area contributed by atoms with Gasteiger partial charge < -0.3 is 19.4 Å². The molecular formula is C39H35NO7S. The number of aryl methyl sites for hydroxylation is 1. The summed E-state index contributed by atoms with van der Waals surface area (Å²) < 4.78 is 42.5. The molecule has 0 amide bonds. The van der Waals surface area contributed by atoms with Gasteiger partial charge in [-0.1, -0.05) is 109 Å². The molecule has 0 aromatic heterocycles. The summed E-state index contributed by atoms with van der Waals surface area (Å²) in [7, 11) is -4.09. The third kappa shape index (κ3) is 7.33. The summed E-state index contributed by atoms with van der Waals surface area (Å²) in [5.74, 6) is -2.34. The van der Waals surface area contributed by atoms with Crippen molar-refractivity contribution in [3.8, 4) is 16.9 Å². The quantitative estimate of drug-likeness (QED) is 0.116. The van der Waals surface area contributed by atoms with Crippen LogP contribution in [-0.4, -0.2) is 33.0 Å². The number of ether oxygens (including phenoxy) is 2. The van der Waals surface area contributed by atoms with Gasteiger partial charge in [0, 0.05) is 12.0 Å². The summed E-state index contributed by atoms with van der Waals surface area (Å²) in [5.41, 5.74) is 13.1. The molecule has 2 atom stereocenters. The number of carbonyl (C=O) groups is 2. The molecule has 9 heteroatoms. The number of carbonyl (C=O) groups excluding carboxylic acids is 2. The van der Waals surface area contributed by atoms with Crippen LogP contribution in [0.5, 0.6) is 5.75 Å². The van der Waals surface area contributed by atoms with Crippen LogP contribution in [0.15, 0.2) is 132 Å². The largest absolute Gasteiger partial charge is 0.464 e. The molecule has 0 saturated heterocycles. The van der Waals surface area contributed by atoms with E-state index in [1.165, 1.54) is 24.3 Å². The highest BCUT2D eigenvalue weighted by atomic mass is 32.2. The van der Waals surface area contributed by atoms with Crippen molar-refractivity contribution in [2.24, 2.45) is 5.73 Å². The van der Waals surface area contributed by atoms with Crippen molar-refractivity contribution in [2.45, 2.75) is 42.7 Å². The fourth-order valence-corrected chi connectivity index (χ4v) is 6.90. The molecule has 48 heavy (non-hydrogen) atoms. The average Bonchev–Trinajstić information content (AvgIpc) is 3.41. The van der Waals surface area contributed by atoms with Gasteiger partial charge in [0.15, 0.2) is 0 Å². The molecule has 8 nitrogen and oxygen atoms in total. The third-order valence-corrected chi connectivity index (χ3v) is 9.70. The molecule has 0 spiro atoms. The van der Waals surface area contributed by atoms with Crippen molar-refractivity contribution in [1.82, 2.24) is 0 Å². The molecule has 0 saturated carbocycles. The lowest BCUT2D eigenvalue weighted by atomic mass is 9.90. The maximum atomic E-state index is 13.9. The van der Waals surface area contributed by atoms with E-state index in [9.17, 15) is 18.0 Å². The SMILES string of the molecule is Cc1ccc(S(=O)(=O)Oc2ccc(C(C(=O)OCC3c4ccccc4-c4ccccc43)C(N)CC(=O)OCc3ccccc3)cc2)cc1. The molecule has 0 heterocycles. The second-order valence-corrected chi connectivity index (χ2v) is 13.3. The minimum atomic E-state index is -4.09. The van der Waals surface area contributed by atoms with Crippen molar-refractivity contribution >= 4 is 22.1 Å². The van der Waals surface area contributed by atoms with E-state index in [4.69, 9.17) is 19.4 Å². The molecule has 2 N–H and O–H groups in total. The Morgan fingerprint density at radius 2 is 1.31 bits per heavy atom. The van der Waals surface area contributed by atoms with Gasteiger partial charge in [0.05, 0.1) is 12.3 Å². The van der Waals surface area contributed by atoms with E-state index in [-0.39, 0.29) is 36.2 Å². The maximum absolute atomic E-state index is 13.9. The number of fused-ring (bicyclic) bond motifs is 3. The first-order valence-corrected chi connectivity index (χ1v) is 17.0. The number of benzene rings is 5. The lowest BCUT2D eigenvalue weighted by molar-refractivity contribution is -0.148. The number of esters is 2. The fraction of sp³-hybridized carbons (Fsp3) is 0.179. The monoisotopic (exact) mass is 661 g/mol. The summed E-state index contributed by atoms with van der Waals surface area (Å²) in [6, 6.07) is 36.6. The van der Waals surface area contributed by atoms with Crippen LogP contribution in [0.4, 0.5) is 0 Å². The number of rotatable bonds is 12. The van der Waals surface area contributed by atoms with Gasteiger partial charge in [0.25, 0.3) is 0 Å². The number of nitrogens with two attached hydrogens (primary N) is 1. The first-order valence-electron chi connectivity index (χ1n) is 15.6. The van der Waals surface area contributed by atoms with Gasteiger partial charge in [-0.15, -0.1) is 0 Å². The van der Waals surface area contributed by atoms with Crippen molar-refractivity contribution in [1.29, 1.82) is 0 Å². The van der Waals surface area contributed by atoms with E-state index in [1.54, 1.807) is 24.3 Å². The van der Waals surface area contributed by atoms with Crippen molar-refractivity contribution in [3.63, 3.8) is 0 Å². The molecule has 0 fully saturated rings. The Morgan fingerprint density at radius 1 is 0.729 bits per heavy atom. The minimum absolute atomic E-state index is 0.0183. The number of hydrogen-bond donors (Lipinski definition) is 1. The van der Waals surface area contributed by atoms with E-state index < -0.39 is 34.0 Å². The fourth-order valence-electron chi connectivity index (χ4n) is 5.97. The smallest absolute Gasteiger partial charge is 0.339 e. The summed E-state index contributed by atoms with van der Waals surface area (Å²) in [4.78, 5) is 26.7. The van der Waals surface area contributed by atoms with E-state index in [0.29, 0.717) is 5.56 Å². The maximum Gasteiger partial charge on any atom is 0.339 e. The van der Waals surface area contributed by atoms with Gasteiger partial charge in [0.1, 0.15) is 23.9 Å². The Kier molecular flexibility index (Phi) is 9.70. The highest BCUT2D eigenvalue weighted by Gasteiger charge is 2.34. The zero-order valence-electron chi connectivity index (χ0n) is 26.3. The molecular weight excluding hydrogens is 626 g/mol. The van der Waals surface area contributed by atoms with Crippen LogP contribution >= 0.6 is 0 Å². The van der Waals surface area contributed by atoms with Gasteiger partial charge in [0.2, 0.25) is 0 Å². The third-order valence-electron chi connectivity index (χ3n) is 8.44. The lowest BCUT2D eigenvalue weighted by Crippen LogP contribution is -2.37. The first-order chi connectivity index (χ1) is 23.2. The van der Waals surface area contributed by atoms with Crippen molar-refractivity contribution in [2.75, 3.05) is 6.61 Å². The summed E-state index contributed by atoms with van der Waals surface area (Å²) in [5, 5.41) is 0. The zero-order chi connectivity index (χ0) is 33.7.